The van der Waals surface area contributed by atoms with E-state index < -0.39 is 0 Å². The molecule has 22 heavy (non-hydrogen) atoms. The smallest absolute Gasteiger partial charge is 0.317 e. The maximum atomic E-state index is 12.2. The van der Waals surface area contributed by atoms with Gasteiger partial charge in [0.15, 0.2) is 0 Å². The third-order valence-electron chi connectivity index (χ3n) is 3.85. The summed E-state index contributed by atoms with van der Waals surface area (Å²) >= 11 is 6.10. The minimum Gasteiger partial charge on any atom is -0.368 e. The van der Waals surface area contributed by atoms with Crippen LogP contribution in [-0.4, -0.2) is 43.7 Å². The molecule has 0 atom stereocenters. The molecule has 2 amide bonds. The van der Waals surface area contributed by atoms with E-state index in [1.807, 2.05) is 23.1 Å². The molecule has 1 N–H and O–H groups in total. The van der Waals surface area contributed by atoms with E-state index in [9.17, 15) is 4.79 Å². The van der Waals surface area contributed by atoms with Gasteiger partial charge in [-0.15, -0.1) is 0 Å². The van der Waals surface area contributed by atoms with Crippen molar-refractivity contribution in [1.29, 1.82) is 0 Å². The van der Waals surface area contributed by atoms with E-state index >= 15 is 0 Å². The summed E-state index contributed by atoms with van der Waals surface area (Å²) in [7, 11) is 0. The Morgan fingerprint density at radius 3 is 2.45 bits per heavy atom. The fraction of sp³-hybridized carbons (Fsp3) is 0.588. The first-order chi connectivity index (χ1) is 10.3. The van der Waals surface area contributed by atoms with Gasteiger partial charge in [0.05, 0.1) is 0 Å². The summed E-state index contributed by atoms with van der Waals surface area (Å²) in [5, 5.41) is 3.77. The number of nitrogens with zero attached hydrogens (tertiary/aromatic N) is 2. The van der Waals surface area contributed by atoms with Crippen LogP contribution in [0.5, 0.6) is 0 Å². The molecule has 0 spiro atoms. The predicted octanol–water partition coefficient (Wildman–Crippen LogP) is 3.53. The van der Waals surface area contributed by atoms with E-state index in [1.54, 1.807) is 0 Å². The van der Waals surface area contributed by atoms with Crippen molar-refractivity contribution >= 4 is 23.3 Å². The van der Waals surface area contributed by atoms with Crippen LogP contribution in [0.3, 0.4) is 0 Å². The first-order valence-corrected chi connectivity index (χ1v) is 8.18. The van der Waals surface area contributed by atoms with Crippen LogP contribution in [0.2, 0.25) is 5.02 Å². The Kier molecular flexibility index (Phi) is 5.22. The molecule has 1 aromatic carbocycles. The Hall–Kier alpha value is -1.42. The second-order valence-electron chi connectivity index (χ2n) is 7.12. The summed E-state index contributed by atoms with van der Waals surface area (Å²) in [6, 6.07) is 6.00. The van der Waals surface area contributed by atoms with Crippen molar-refractivity contribution in [1.82, 2.24) is 10.2 Å². The highest BCUT2D eigenvalue weighted by molar-refractivity contribution is 6.30. The van der Waals surface area contributed by atoms with Gasteiger partial charge in [0.1, 0.15) is 0 Å². The van der Waals surface area contributed by atoms with Gasteiger partial charge in [-0.05, 0) is 30.0 Å². The van der Waals surface area contributed by atoms with E-state index in [2.05, 4.69) is 37.9 Å². The van der Waals surface area contributed by atoms with E-state index in [1.165, 1.54) is 11.3 Å². The molecular formula is C17H26ClN3O. The van der Waals surface area contributed by atoms with Gasteiger partial charge in [-0.25, -0.2) is 4.79 Å². The first kappa shape index (κ1) is 16.9. The first-order valence-electron chi connectivity index (χ1n) is 7.80. The van der Waals surface area contributed by atoms with Crippen LogP contribution in [0.15, 0.2) is 18.2 Å². The van der Waals surface area contributed by atoms with Crippen LogP contribution in [0.4, 0.5) is 10.5 Å². The quantitative estimate of drug-likeness (QED) is 0.903. The van der Waals surface area contributed by atoms with Gasteiger partial charge in [0, 0.05) is 43.4 Å². The molecule has 1 aromatic rings. The van der Waals surface area contributed by atoms with E-state index in [4.69, 9.17) is 11.6 Å². The molecule has 2 rings (SSSR count). The zero-order chi connectivity index (χ0) is 16.3. The third-order valence-corrected chi connectivity index (χ3v) is 4.08. The SMILES string of the molecule is Cc1ccc(Cl)cc1N1CCN(C(=O)NCC(C)(C)C)CC1. The van der Waals surface area contributed by atoms with Crippen LogP contribution in [0, 0.1) is 12.3 Å². The van der Waals surface area contributed by atoms with Gasteiger partial charge in [0.2, 0.25) is 0 Å². The standard InChI is InChI=1S/C17H26ClN3O/c1-13-5-6-14(18)11-15(13)20-7-9-21(10-8-20)16(22)19-12-17(2,3)4/h5-6,11H,7-10,12H2,1-4H3,(H,19,22). The number of rotatable bonds is 2. The highest BCUT2D eigenvalue weighted by Crippen LogP contribution is 2.25. The number of urea groups is 1. The Balaban J connectivity index is 1.90. The molecule has 1 fully saturated rings. The summed E-state index contributed by atoms with van der Waals surface area (Å²) in [6.45, 7) is 12.3. The lowest BCUT2D eigenvalue weighted by Crippen LogP contribution is -2.52. The van der Waals surface area contributed by atoms with Crippen LogP contribution < -0.4 is 10.2 Å². The number of hydrogen-bond acceptors (Lipinski definition) is 2. The lowest BCUT2D eigenvalue weighted by atomic mass is 9.97. The van der Waals surface area contributed by atoms with Gasteiger partial charge >= 0.3 is 6.03 Å². The molecule has 0 radical (unpaired) electrons. The summed E-state index contributed by atoms with van der Waals surface area (Å²) in [4.78, 5) is 16.4. The molecule has 1 saturated heterocycles. The topological polar surface area (TPSA) is 35.6 Å². The minimum absolute atomic E-state index is 0.0393. The predicted molar refractivity (Wildman–Crippen MR) is 92.8 cm³/mol. The normalized spacial score (nSPS) is 15.9. The number of halogens is 1. The maximum absolute atomic E-state index is 12.2. The Labute approximate surface area is 138 Å². The minimum atomic E-state index is 0.0393. The van der Waals surface area contributed by atoms with Crippen LogP contribution in [-0.2, 0) is 0 Å². The number of benzene rings is 1. The third kappa shape index (κ3) is 4.54. The van der Waals surface area contributed by atoms with Crippen molar-refractivity contribution in [2.75, 3.05) is 37.6 Å². The van der Waals surface area contributed by atoms with Crippen molar-refractivity contribution in [3.63, 3.8) is 0 Å². The van der Waals surface area contributed by atoms with Gasteiger partial charge in [-0.1, -0.05) is 38.4 Å². The van der Waals surface area contributed by atoms with Gasteiger partial charge < -0.3 is 15.1 Å². The van der Waals surface area contributed by atoms with E-state index in [0.29, 0.717) is 6.54 Å². The molecule has 5 heteroatoms. The maximum Gasteiger partial charge on any atom is 0.317 e. The second-order valence-corrected chi connectivity index (χ2v) is 7.56. The molecule has 1 heterocycles. The molecule has 1 aliphatic rings. The van der Waals surface area contributed by atoms with E-state index in [0.717, 1.165) is 31.2 Å². The number of carbonyl (C=O) groups is 1. The molecule has 0 aromatic heterocycles. The number of amides is 2. The monoisotopic (exact) mass is 323 g/mol. The summed E-state index contributed by atoms with van der Waals surface area (Å²) in [5.74, 6) is 0. The van der Waals surface area contributed by atoms with Crippen molar-refractivity contribution in [2.45, 2.75) is 27.7 Å². The second kappa shape index (κ2) is 6.78. The van der Waals surface area contributed by atoms with Crippen LogP contribution in [0.1, 0.15) is 26.3 Å². The summed E-state index contributed by atoms with van der Waals surface area (Å²) in [6.07, 6.45) is 0. The molecule has 0 unspecified atom stereocenters. The fourth-order valence-corrected chi connectivity index (χ4v) is 2.69. The molecule has 1 aliphatic heterocycles. The molecule has 0 aliphatic carbocycles. The molecule has 0 saturated carbocycles. The number of nitrogens with one attached hydrogen (secondary N) is 1. The molecule has 4 nitrogen and oxygen atoms in total. The summed E-state index contributed by atoms with van der Waals surface area (Å²) < 4.78 is 0. The van der Waals surface area contributed by atoms with Crippen molar-refractivity contribution in [3.8, 4) is 0 Å². The lowest BCUT2D eigenvalue weighted by molar-refractivity contribution is 0.189. The van der Waals surface area contributed by atoms with Gasteiger partial charge in [-0.2, -0.15) is 0 Å². The highest BCUT2D eigenvalue weighted by Gasteiger charge is 2.23. The number of anilines is 1. The lowest BCUT2D eigenvalue weighted by Gasteiger charge is -2.37. The van der Waals surface area contributed by atoms with Gasteiger partial charge in [-0.3, -0.25) is 0 Å². The Morgan fingerprint density at radius 1 is 1.23 bits per heavy atom. The number of aryl methyl sites for hydroxylation is 1. The zero-order valence-corrected chi connectivity index (χ0v) is 14.7. The molecular weight excluding hydrogens is 298 g/mol. The number of carbonyl (C=O) groups excluding carboxylic acids is 1. The highest BCUT2D eigenvalue weighted by atomic mass is 35.5. The van der Waals surface area contributed by atoms with E-state index in [-0.39, 0.29) is 11.4 Å². The molecule has 0 bridgehead atoms. The average Bonchev–Trinajstić information content (AvgIpc) is 2.47. The van der Waals surface area contributed by atoms with Crippen molar-refractivity contribution in [3.05, 3.63) is 28.8 Å². The largest absolute Gasteiger partial charge is 0.368 e. The number of piperazine rings is 1. The summed E-state index contributed by atoms with van der Waals surface area (Å²) in [5.41, 5.74) is 2.49. The van der Waals surface area contributed by atoms with Crippen LogP contribution in [0.25, 0.3) is 0 Å². The van der Waals surface area contributed by atoms with Crippen LogP contribution >= 0.6 is 11.6 Å². The van der Waals surface area contributed by atoms with Gasteiger partial charge in [0.25, 0.3) is 0 Å². The van der Waals surface area contributed by atoms with Crippen molar-refractivity contribution in [2.24, 2.45) is 5.41 Å². The Morgan fingerprint density at radius 2 is 1.86 bits per heavy atom. The molecule has 122 valence electrons. The Bertz CT molecular complexity index is 531. The fourth-order valence-electron chi connectivity index (χ4n) is 2.53. The number of hydrogen-bond donors (Lipinski definition) is 1. The average molecular weight is 324 g/mol. The van der Waals surface area contributed by atoms with Crippen molar-refractivity contribution < 1.29 is 4.79 Å². The zero-order valence-electron chi connectivity index (χ0n) is 13.9.